The molecule has 20 heavy (non-hydrogen) atoms. The highest BCUT2D eigenvalue weighted by molar-refractivity contribution is 7.98. The molecule has 0 aliphatic heterocycles. The van der Waals surface area contributed by atoms with E-state index in [9.17, 15) is 0 Å². The lowest BCUT2D eigenvalue weighted by Gasteiger charge is -2.14. The number of nitrogens with one attached hydrogen (secondary N) is 1. The van der Waals surface area contributed by atoms with Crippen molar-refractivity contribution in [3.63, 3.8) is 0 Å². The zero-order chi connectivity index (χ0) is 14.7. The van der Waals surface area contributed by atoms with Gasteiger partial charge in [-0.3, -0.25) is 5.41 Å². The van der Waals surface area contributed by atoms with E-state index in [-0.39, 0.29) is 5.84 Å². The van der Waals surface area contributed by atoms with E-state index in [2.05, 4.69) is 25.0 Å². The number of hydrogen-bond donors (Lipinski definition) is 2. The van der Waals surface area contributed by atoms with Gasteiger partial charge in [0.25, 0.3) is 0 Å². The summed E-state index contributed by atoms with van der Waals surface area (Å²) in [4.78, 5) is 1.01. The Morgan fingerprint density at radius 3 is 2.65 bits per heavy atom. The van der Waals surface area contributed by atoms with Crippen molar-refractivity contribution in [3.05, 3.63) is 41.2 Å². The SMILES string of the molecule is CCc1cc(CC)n(-c2cccc(SC)c2C(=N)N)n1. The number of rotatable bonds is 5. The lowest BCUT2D eigenvalue weighted by atomic mass is 10.1. The minimum atomic E-state index is 0.0838. The van der Waals surface area contributed by atoms with E-state index in [1.165, 1.54) is 0 Å². The third kappa shape index (κ3) is 2.58. The molecule has 0 saturated heterocycles. The number of aromatic nitrogens is 2. The molecule has 3 N–H and O–H groups in total. The molecule has 0 atom stereocenters. The molecule has 2 rings (SSSR count). The second kappa shape index (κ2) is 6.13. The van der Waals surface area contributed by atoms with E-state index in [0.29, 0.717) is 0 Å². The molecule has 0 radical (unpaired) electrons. The molecule has 1 aromatic heterocycles. The van der Waals surface area contributed by atoms with Gasteiger partial charge in [0.1, 0.15) is 5.84 Å². The summed E-state index contributed by atoms with van der Waals surface area (Å²) >= 11 is 1.60. The number of nitrogens with zero attached hydrogens (tertiary/aromatic N) is 2. The summed E-state index contributed by atoms with van der Waals surface area (Å²) in [6.45, 7) is 4.20. The fourth-order valence-corrected chi connectivity index (χ4v) is 2.88. The van der Waals surface area contributed by atoms with Crippen LogP contribution in [0.1, 0.15) is 30.8 Å². The molecule has 5 heteroatoms. The molecule has 4 nitrogen and oxygen atoms in total. The molecular formula is C15H20N4S. The van der Waals surface area contributed by atoms with Gasteiger partial charge in [0.05, 0.1) is 16.9 Å². The Morgan fingerprint density at radius 1 is 1.35 bits per heavy atom. The van der Waals surface area contributed by atoms with Crippen LogP contribution in [0.4, 0.5) is 0 Å². The maximum Gasteiger partial charge on any atom is 0.126 e. The van der Waals surface area contributed by atoms with Crippen LogP contribution in [-0.2, 0) is 12.8 Å². The molecule has 0 fully saturated rings. The maximum absolute atomic E-state index is 7.87. The van der Waals surface area contributed by atoms with Crippen molar-refractivity contribution in [3.8, 4) is 5.69 Å². The van der Waals surface area contributed by atoms with Crippen molar-refractivity contribution in [1.29, 1.82) is 5.41 Å². The van der Waals surface area contributed by atoms with Gasteiger partial charge in [0.15, 0.2) is 0 Å². The van der Waals surface area contributed by atoms with E-state index >= 15 is 0 Å². The fraction of sp³-hybridized carbons (Fsp3) is 0.333. The van der Waals surface area contributed by atoms with Crippen LogP contribution in [0.25, 0.3) is 5.69 Å². The average molecular weight is 288 g/mol. The Bertz CT molecular complexity index is 631. The minimum Gasteiger partial charge on any atom is -0.384 e. The normalized spacial score (nSPS) is 10.8. The summed E-state index contributed by atoms with van der Waals surface area (Å²) in [6, 6.07) is 8.07. The van der Waals surface area contributed by atoms with E-state index in [4.69, 9.17) is 11.1 Å². The zero-order valence-corrected chi connectivity index (χ0v) is 12.9. The van der Waals surface area contributed by atoms with Gasteiger partial charge in [0.2, 0.25) is 0 Å². The van der Waals surface area contributed by atoms with Crippen LogP contribution in [0.2, 0.25) is 0 Å². The molecule has 0 aliphatic carbocycles. The number of nitrogen functional groups attached to an aromatic ring is 1. The lowest BCUT2D eigenvalue weighted by molar-refractivity contribution is 0.790. The summed E-state index contributed by atoms with van der Waals surface area (Å²) in [7, 11) is 0. The average Bonchev–Trinajstić information content (AvgIpc) is 2.89. The minimum absolute atomic E-state index is 0.0838. The molecule has 0 saturated carbocycles. The molecule has 106 valence electrons. The van der Waals surface area contributed by atoms with E-state index in [1.54, 1.807) is 11.8 Å². The molecule has 2 aromatic rings. The van der Waals surface area contributed by atoms with E-state index < -0.39 is 0 Å². The van der Waals surface area contributed by atoms with Crippen molar-refractivity contribution < 1.29 is 0 Å². The van der Waals surface area contributed by atoms with E-state index in [1.807, 2.05) is 29.1 Å². The van der Waals surface area contributed by atoms with Crippen molar-refractivity contribution in [2.45, 2.75) is 31.6 Å². The maximum atomic E-state index is 7.87. The van der Waals surface area contributed by atoms with Gasteiger partial charge in [0, 0.05) is 10.6 Å². The van der Waals surface area contributed by atoms with Crippen LogP contribution in [0.5, 0.6) is 0 Å². The Kier molecular flexibility index (Phi) is 4.49. The fourth-order valence-electron chi connectivity index (χ4n) is 2.25. The molecule has 0 unspecified atom stereocenters. The van der Waals surface area contributed by atoms with Gasteiger partial charge in [-0.05, 0) is 37.3 Å². The predicted molar refractivity (Wildman–Crippen MR) is 85.1 cm³/mol. The van der Waals surface area contributed by atoms with Crippen LogP contribution in [0.15, 0.2) is 29.2 Å². The van der Waals surface area contributed by atoms with Crippen molar-refractivity contribution in [1.82, 2.24) is 9.78 Å². The van der Waals surface area contributed by atoms with Crippen LogP contribution < -0.4 is 5.73 Å². The summed E-state index contributed by atoms with van der Waals surface area (Å²) in [6.07, 6.45) is 3.79. The quantitative estimate of drug-likeness (QED) is 0.505. The summed E-state index contributed by atoms with van der Waals surface area (Å²) in [5.74, 6) is 0.0838. The molecule has 1 aromatic carbocycles. The van der Waals surface area contributed by atoms with E-state index in [0.717, 1.165) is 40.4 Å². The van der Waals surface area contributed by atoms with Crippen LogP contribution >= 0.6 is 11.8 Å². The molecular weight excluding hydrogens is 268 g/mol. The number of amidine groups is 1. The molecule has 1 heterocycles. The largest absolute Gasteiger partial charge is 0.384 e. The zero-order valence-electron chi connectivity index (χ0n) is 12.1. The summed E-state index contributed by atoms with van der Waals surface area (Å²) < 4.78 is 1.93. The highest BCUT2D eigenvalue weighted by Crippen LogP contribution is 2.26. The van der Waals surface area contributed by atoms with Crippen LogP contribution in [0.3, 0.4) is 0 Å². The Labute approximate surface area is 123 Å². The first-order valence-corrected chi connectivity index (χ1v) is 7.94. The summed E-state index contributed by atoms with van der Waals surface area (Å²) in [5.41, 5.74) is 9.64. The Balaban J connectivity index is 2.69. The lowest BCUT2D eigenvalue weighted by Crippen LogP contribution is -2.17. The summed E-state index contributed by atoms with van der Waals surface area (Å²) in [5, 5.41) is 12.5. The molecule has 0 amide bonds. The smallest absolute Gasteiger partial charge is 0.126 e. The highest BCUT2D eigenvalue weighted by atomic mass is 32.2. The first kappa shape index (κ1) is 14.7. The number of benzene rings is 1. The molecule has 0 bridgehead atoms. The number of thioether (sulfide) groups is 1. The van der Waals surface area contributed by atoms with Crippen LogP contribution in [0, 0.1) is 5.41 Å². The Hall–Kier alpha value is -1.75. The van der Waals surface area contributed by atoms with Gasteiger partial charge in [-0.25, -0.2) is 4.68 Å². The van der Waals surface area contributed by atoms with Gasteiger partial charge in [-0.2, -0.15) is 5.10 Å². The number of hydrogen-bond acceptors (Lipinski definition) is 3. The van der Waals surface area contributed by atoms with Gasteiger partial charge < -0.3 is 5.73 Å². The monoisotopic (exact) mass is 288 g/mol. The number of nitrogens with two attached hydrogens (primary N) is 1. The Morgan fingerprint density at radius 2 is 2.10 bits per heavy atom. The number of aryl methyl sites for hydroxylation is 2. The van der Waals surface area contributed by atoms with Crippen LogP contribution in [-0.4, -0.2) is 21.9 Å². The van der Waals surface area contributed by atoms with Crippen molar-refractivity contribution in [2.24, 2.45) is 5.73 Å². The first-order chi connectivity index (χ1) is 9.62. The second-order valence-corrected chi connectivity index (χ2v) is 5.36. The molecule has 0 aliphatic rings. The van der Waals surface area contributed by atoms with Gasteiger partial charge in [-0.1, -0.05) is 19.9 Å². The van der Waals surface area contributed by atoms with Crippen molar-refractivity contribution in [2.75, 3.05) is 6.26 Å². The highest BCUT2D eigenvalue weighted by Gasteiger charge is 2.15. The third-order valence-corrected chi connectivity index (χ3v) is 4.06. The standard InChI is InChI=1S/C15H20N4S/c1-4-10-9-11(5-2)19(18-10)12-7-6-8-13(20-3)14(12)15(16)17/h6-9H,4-5H2,1-3H3,(H3,16,17). The van der Waals surface area contributed by atoms with Crippen molar-refractivity contribution >= 4 is 17.6 Å². The predicted octanol–water partition coefficient (Wildman–Crippen LogP) is 3.00. The molecule has 0 spiro atoms. The second-order valence-electron chi connectivity index (χ2n) is 4.51. The topological polar surface area (TPSA) is 67.7 Å². The first-order valence-electron chi connectivity index (χ1n) is 6.71. The third-order valence-electron chi connectivity index (χ3n) is 3.28. The van der Waals surface area contributed by atoms with Gasteiger partial charge >= 0.3 is 0 Å². The van der Waals surface area contributed by atoms with Gasteiger partial charge in [-0.15, -0.1) is 11.8 Å².